The van der Waals surface area contributed by atoms with Gasteiger partial charge in [0.1, 0.15) is 0 Å². The minimum atomic E-state index is -3.46. The topological polar surface area (TPSA) is 61.8 Å². The van der Waals surface area contributed by atoms with Crippen LogP contribution < -0.4 is 0 Å². The van der Waals surface area contributed by atoms with Gasteiger partial charge in [0.05, 0.1) is 0 Å². The van der Waals surface area contributed by atoms with E-state index in [2.05, 4.69) is 27.7 Å². The van der Waals surface area contributed by atoms with E-state index in [1.54, 1.807) is 0 Å². The number of hydrogen-bond acceptors (Lipinski definition) is 5. The second-order valence-electron chi connectivity index (χ2n) is 5.35. The summed E-state index contributed by atoms with van der Waals surface area (Å²) in [7, 11) is 0. The Bertz CT molecular complexity index is 259. The van der Waals surface area contributed by atoms with Gasteiger partial charge in [0.25, 0.3) is 0 Å². The maximum atomic E-state index is 11.0. The summed E-state index contributed by atoms with van der Waals surface area (Å²) >= 11 is -6.92. The van der Waals surface area contributed by atoms with Gasteiger partial charge in [-0.1, -0.05) is 0 Å². The van der Waals surface area contributed by atoms with Crippen molar-refractivity contribution >= 4 is 51.4 Å². The molecule has 0 aliphatic rings. The summed E-state index contributed by atoms with van der Waals surface area (Å²) in [5, 5.41) is 0. The van der Waals surface area contributed by atoms with Gasteiger partial charge in [0, 0.05) is 0 Å². The Morgan fingerprint density at radius 3 is 1.14 bits per heavy atom. The first-order valence-corrected chi connectivity index (χ1v) is 20.7. The molecule has 0 saturated heterocycles. The second kappa shape index (κ2) is 12.0. The van der Waals surface area contributed by atoms with Crippen LogP contribution in [-0.2, 0) is 17.1 Å². The third-order valence-corrected chi connectivity index (χ3v) is 37.2. The molecule has 124 valence electrons. The molecule has 5 nitrogen and oxygen atoms in total. The summed E-state index contributed by atoms with van der Waals surface area (Å²) in [5.41, 5.74) is 0. The molecule has 0 aromatic heterocycles. The Morgan fingerprint density at radius 1 is 0.667 bits per heavy atom. The van der Waals surface area contributed by atoms with E-state index in [4.69, 9.17) is 7.56 Å². The van der Waals surface area contributed by atoms with E-state index in [0.29, 0.717) is 12.9 Å². The molecule has 0 atom stereocenters. The molecule has 0 bridgehead atoms. The van der Waals surface area contributed by atoms with Crippen LogP contribution in [0.1, 0.15) is 53.4 Å². The van der Waals surface area contributed by atoms with Crippen LogP contribution in [0.25, 0.3) is 0 Å². The van der Waals surface area contributed by atoms with E-state index in [0.717, 1.165) is 43.4 Å². The van der Waals surface area contributed by atoms with Crippen molar-refractivity contribution in [2.45, 2.75) is 71.1 Å². The number of hydrogen-bond donors (Lipinski definition) is 0. The number of rotatable bonds is 14. The van der Waals surface area contributed by atoms with E-state index >= 15 is 0 Å². The Labute approximate surface area is 139 Å². The summed E-state index contributed by atoms with van der Waals surface area (Å²) in [6.07, 6.45) is 3.74. The summed E-state index contributed by atoms with van der Waals surface area (Å²) < 4.78 is 21.1. The molecular formula is C14H30O5Sn2. The van der Waals surface area contributed by atoms with Crippen LogP contribution in [0.5, 0.6) is 0 Å². The first-order chi connectivity index (χ1) is 10.1. The van der Waals surface area contributed by atoms with Gasteiger partial charge in [0.2, 0.25) is 0 Å². The zero-order chi connectivity index (χ0) is 16.2. The van der Waals surface area contributed by atoms with Crippen LogP contribution in [0.2, 0.25) is 17.7 Å². The molecule has 21 heavy (non-hydrogen) atoms. The van der Waals surface area contributed by atoms with E-state index < -0.39 is 38.4 Å². The first-order valence-electron chi connectivity index (χ1n) is 8.00. The van der Waals surface area contributed by atoms with Gasteiger partial charge >= 0.3 is 140 Å². The van der Waals surface area contributed by atoms with Crippen LogP contribution >= 0.6 is 0 Å². The maximum absolute atomic E-state index is 11.0. The average molecular weight is 516 g/mol. The third kappa shape index (κ3) is 7.54. The molecule has 0 aliphatic carbocycles. The molecular weight excluding hydrogens is 486 g/mol. The van der Waals surface area contributed by atoms with E-state index in [1.165, 1.54) is 0 Å². The van der Waals surface area contributed by atoms with Crippen LogP contribution in [0.4, 0.5) is 0 Å². The quantitative estimate of drug-likeness (QED) is 0.260. The van der Waals surface area contributed by atoms with Crippen molar-refractivity contribution in [1.82, 2.24) is 0 Å². The van der Waals surface area contributed by atoms with Crippen molar-refractivity contribution in [3.05, 3.63) is 0 Å². The fourth-order valence-corrected chi connectivity index (χ4v) is 41.3. The fourth-order valence-electron chi connectivity index (χ4n) is 2.78. The number of carbonyl (C=O) groups excluding carboxylic acids is 2. The summed E-state index contributed by atoms with van der Waals surface area (Å²) in [6.45, 7) is 9.42. The predicted molar refractivity (Wildman–Crippen MR) is 87.3 cm³/mol. The van der Waals surface area contributed by atoms with Crippen molar-refractivity contribution < 1.29 is 17.1 Å². The van der Waals surface area contributed by atoms with E-state index in [-0.39, 0.29) is 0 Å². The Hall–Kier alpha value is 0.497. The van der Waals surface area contributed by atoms with E-state index in [1.807, 2.05) is 0 Å². The Kier molecular flexibility index (Phi) is 12.3. The molecule has 0 radical (unpaired) electrons. The summed E-state index contributed by atoms with van der Waals surface area (Å²) in [4.78, 5) is 22.0. The molecule has 0 heterocycles. The van der Waals surface area contributed by atoms with Gasteiger partial charge in [-0.05, 0) is 0 Å². The van der Waals surface area contributed by atoms with Crippen LogP contribution in [0.15, 0.2) is 0 Å². The SMILES string of the molecule is CC[CH2][Sn]([CH2]CC)([O]C=O)[O][Sn]([CH2]CC)([CH2]CC)[O]C=O. The standard InChI is InChI=1S/4C3H7.2CH2O2.O.2Sn/c4*1-3-2;2*2-1-3;;;/h4*1,3H2,2H3;2*1H,(H,2,3);;;/q;;;;;;;2*+1/p-2. The Morgan fingerprint density at radius 2 is 0.952 bits per heavy atom. The molecule has 0 saturated carbocycles. The molecule has 0 aromatic carbocycles. The zero-order valence-corrected chi connectivity index (χ0v) is 19.6. The van der Waals surface area contributed by atoms with Crippen molar-refractivity contribution in [1.29, 1.82) is 0 Å². The van der Waals surface area contributed by atoms with Gasteiger partial charge in [-0.25, -0.2) is 0 Å². The normalized spacial score (nSPS) is 12.0. The molecule has 0 aromatic rings. The third-order valence-electron chi connectivity index (χ3n) is 3.42. The first kappa shape index (κ1) is 21.5. The molecule has 0 amide bonds. The van der Waals surface area contributed by atoms with Gasteiger partial charge in [-0.3, -0.25) is 0 Å². The molecule has 0 aliphatic heterocycles. The zero-order valence-electron chi connectivity index (χ0n) is 13.9. The van der Waals surface area contributed by atoms with Crippen molar-refractivity contribution in [2.75, 3.05) is 0 Å². The summed E-state index contributed by atoms with van der Waals surface area (Å²) in [6, 6.07) is 0. The van der Waals surface area contributed by atoms with Crippen molar-refractivity contribution in [2.24, 2.45) is 0 Å². The van der Waals surface area contributed by atoms with Crippen molar-refractivity contribution in [3.8, 4) is 0 Å². The molecule has 0 rings (SSSR count). The average Bonchev–Trinajstić information content (AvgIpc) is 2.40. The molecule has 0 spiro atoms. The predicted octanol–water partition coefficient (Wildman–Crippen LogP) is 3.87. The fraction of sp³-hybridized carbons (Fsp3) is 0.857. The molecule has 0 N–H and O–H groups in total. The van der Waals surface area contributed by atoms with Crippen molar-refractivity contribution in [3.63, 3.8) is 0 Å². The minimum absolute atomic E-state index is 0.552. The van der Waals surface area contributed by atoms with Gasteiger partial charge in [0.15, 0.2) is 0 Å². The molecule has 0 unspecified atom stereocenters. The van der Waals surface area contributed by atoms with Gasteiger partial charge in [-0.15, -0.1) is 0 Å². The van der Waals surface area contributed by atoms with Crippen LogP contribution in [0, 0.1) is 0 Å². The van der Waals surface area contributed by atoms with E-state index in [9.17, 15) is 9.59 Å². The summed E-state index contributed by atoms with van der Waals surface area (Å²) in [5.74, 6) is 0. The monoisotopic (exact) mass is 518 g/mol. The molecule has 0 fully saturated rings. The molecule has 7 heteroatoms. The van der Waals surface area contributed by atoms with Gasteiger partial charge < -0.3 is 0 Å². The van der Waals surface area contributed by atoms with Crippen LogP contribution in [-0.4, -0.2) is 51.4 Å². The Balaban J connectivity index is 5.40. The second-order valence-corrected chi connectivity index (χ2v) is 27.3. The van der Waals surface area contributed by atoms with Crippen LogP contribution in [0.3, 0.4) is 0 Å². The van der Waals surface area contributed by atoms with Gasteiger partial charge in [-0.2, -0.15) is 0 Å². The number of carbonyl (C=O) groups is 2.